The van der Waals surface area contributed by atoms with Crippen LogP contribution in [0.4, 0.5) is 0 Å². The van der Waals surface area contributed by atoms with Crippen molar-refractivity contribution in [3.05, 3.63) is 48.0 Å². The molecule has 1 aliphatic heterocycles. The van der Waals surface area contributed by atoms with Crippen molar-refractivity contribution in [2.75, 3.05) is 0 Å². The van der Waals surface area contributed by atoms with Crippen LogP contribution < -0.4 is 0 Å². The van der Waals surface area contributed by atoms with Crippen LogP contribution in [0, 0.1) is 0 Å². The highest BCUT2D eigenvalue weighted by atomic mass is 16.6. The lowest BCUT2D eigenvalue weighted by atomic mass is 10.0. The molecule has 148 valence electrons. The lowest BCUT2D eigenvalue weighted by molar-refractivity contribution is -0.178. The van der Waals surface area contributed by atoms with Crippen LogP contribution >= 0.6 is 0 Å². The van der Waals surface area contributed by atoms with Gasteiger partial charge < -0.3 is 19.7 Å². The average Bonchev–Trinajstić information content (AvgIpc) is 2.67. The van der Waals surface area contributed by atoms with Crippen LogP contribution in [0.15, 0.2) is 42.5 Å². The summed E-state index contributed by atoms with van der Waals surface area (Å²) in [6.07, 6.45) is 1.49. The minimum absolute atomic E-state index is 0.170. The Morgan fingerprint density at radius 2 is 2.00 bits per heavy atom. The van der Waals surface area contributed by atoms with Crippen LogP contribution in [0.1, 0.15) is 44.6 Å². The van der Waals surface area contributed by atoms with E-state index in [1.165, 1.54) is 6.08 Å². The van der Waals surface area contributed by atoms with Crippen molar-refractivity contribution in [3.8, 4) is 0 Å². The molecule has 0 saturated heterocycles. The van der Waals surface area contributed by atoms with Gasteiger partial charge in [-0.05, 0) is 31.2 Å². The number of allylic oxidation sites excluding steroid dienone is 1. The molecule has 0 amide bonds. The first-order valence-electron chi connectivity index (χ1n) is 9.48. The number of aliphatic hydroxyl groups excluding tert-OH is 2. The SMILES string of the molecule is CCC[C@H]1OC(=O)[C@@H](OC(=O)CCc2ccccc2)CC/C=C/[C@H](O)[C@@H]1O. The summed E-state index contributed by atoms with van der Waals surface area (Å²) in [5.74, 6) is -1.14. The summed E-state index contributed by atoms with van der Waals surface area (Å²) in [7, 11) is 0. The maximum atomic E-state index is 12.5. The van der Waals surface area contributed by atoms with Crippen molar-refractivity contribution in [1.29, 1.82) is 0 Å². The molecule has 4 atom stereocenters. The second-order valence-corrected chi connectivity index (χ2v) is 6.71. The van der Waals surface area contributed by atoms with Crippen LogP contribution in [0.2, 0.25) is 0 Å². The van der Waals surface area contributed by atoms with Crippen LogP contribution in [0.5, 0.6) is 0 Å². The van der Waals surface area contributed by atoms with E-state index in [1.807, 2.05) is 37.3 Å². The van der Waals surface area contributed by atoms with Gasteiger partial charge in [-0.3, -0.25) is 4.79 Å². The molecule has 0 fully saturated rings. The third-order valence-corrected chi connectivity index (χ3v) is 4.50. The summed E-state index contributed by atoms with van der Waals surface area (Å²) in [5, 5.41) is 20.2. The van der Waals surface area contributed by atoms with E-state index in [0.29, 0.717) is 25.7 Å². The largest absolute Gasteiger partial charge is 0.457 e. The van der Waals surface area contributed by atoms with Gasteiger partial charge in [0, 0.05) is 6.42 Å². The molecule has 0 aliphatic carbocycles. The molecule has 0 unspecified atom stereocenters. The van der Waals surface area contributed by atoms with E-state index in [0.717, 1.165) is 5.56 Å². The van der Waals surface area contributed by atoms with E-state index in [2.05, 4.69) is 0 Å². The quantitative estimate of drug-likeness (QED) is 0.585. The minimum atomic E-state index is -1.21. The van der Waals surface area contributed by atoms with E-state index in [4.69, 9.17) is 9.47 Å². The third kappa shape index (κ3) is 6.81. The Labute approximate surface area is 159 Å². The number of cyclic esters (lactones) is 1. The van der Waals surface area contributed by atoms with Crippen LogP contribution in [-0.4, -0.2) is 46.6 Å². The van der Waals surface area contributed by atoms with E-state index in [9.17, 15) is 19.8 Å². The van der Waals surface area contributed by atoms with Crippen LogP contribution in [-0.2, 0) is 25.5 Å². The Morgan fingerprint density at radius 3 is 2.70 bits per heavy atom. The van der Waals surface area contributed by atoms with Gasteiger partial charge in [0.1, 0.15) is 18.3 Å². The summed E-state index contributed by atoms with van der Waals surface area (Å²) >= 11 is 0. The van der Waals surface area contributed by atoms with Crippen LogP contribution in [0.25, 0.3) is 0 Å². The molecule has 0 saturated carbocycles. The Kier molecular flexibility index (Phi) is 8.48. The normalized spacial score (nSPS) is 27.4. The molecule has 0 bridgehead atoms. The standard InChI is InChI=1S/C21H28O6/c1-2-8-17-20(24)16(22)11-6-7-12-18(21(25)27-17)26-19(23)14-13-15-9-4-3-5-10-15/h3-6,9-11,16-18,20,22,24H,2,7-8,12-14H2,1H3/b11-6+/t16-,17+,18-,20-/m0/s1. The van der Waals surface area contributed by atoms with Gasteiger partial charge in [0.15, 0.2) is 6.10 Å². The maximum absolute atomic E-state index is 12.5. The Hall–Kier alpha value is -2.18. The van der Waals surface area contributed by atoms with Gasteiger partial charge in [0.25, 0.3) is 0 Å². The van der Waals surface area contributed by atoms with Gasteiger partial charge in [0.2, 0.25) is 0 Å². The summed E-state index contributed by atoms with van der Waals surface area (Å²) in [6, 6.07) is 9.57. The lowest BCUT2D eigenvalue weighted by Crippen LogP contribution is -2.42. The second kappa shape index (κ2) is 10.8. The first kappa shape index (κ1) is 21.1. The number of aryl methyl sites for hydroxylation is 1. The molecular weight excluding hydrogens is 348 g/mol. The molecule has 6 nitrogen and oxygen atoms in total. The van der Waals surface area contributed by atoms with Crippen molar-refractivity contribution in [1.82, 2.24) is 0 Å². The molecule has 2 N–H and O–H groups in total. The van der Waals surface area contributed by atoms with Crippen molar-refractivity contribution in [2.24, 2.45) is 0 Å². The molecule has 1 aliphatic rings. The minimum Gasteiger partial charge on any atom is -0.457 e. The van der Waals surface area contributed by atoms with E-state index in [1.54, 1.807) is 6.08 Å². The van der Waals surface area contributed by atoms with Gasteiger partial charge in [-0.1, -0.05) is 55.8 Å². The zero-order valence-corrected chi connectivity index (χ0v) is 15.6. The topological polar surface area (TPSA) is 93.1 Å². The lowest BCUT2D eigenvalue weighted by Gasteiger charge is -2.28. The van der Waals surface area contributed by atoms with Crippen LogP contribution in [0.3, 0.4) is 0 Å². The van der Waals surface area contributed by atoms with Gasteiger partial charge in [-0.25, -0.2) is 4.79 Å². The predicted octanol–water partition coefficient (Wildman–Crippen LogP) is 2.31. The molecule has 27 heavy (non-hydrogen) atoms. The summed E-state index contributed by atoms with van der Waals surface area (Å²) in [6.45, 7) is 1.89. The Bertz CT molecular complexity index is 627. The third-order valence-electron chi connectivity index (χ3n) is 4.50. The van der Waals surface area contributed by atoms with E-state index in [-0.39, 0.29) is 12.8 Å². The number of hydrogen-bond donors (Lipinski definition) is 2. The Morgan fingerprint density at radius 1 is 1.26 bits per heavy atom. The molecule has 1 heterocycles. The summed E-state index contributed by atoms with van der Waals surface area (Å²) in [4.78, 5) is 24.6. The van der Waals surface area contributed by atoms with Gasteiger partial charge in [-0.2, -0.15) is 0 Å². The van der Waals surface area contributed by atoms with Crippen molar-refractivity contribution in [2.45, 2.75) is 69.9 Å². The number of carbonyl (C=O) groups is 2. The number of rotatable bonds is 6. The zero-order chi connectivity index (χ0) is 19.6. The number of hydrogen-bond acceptors (Lipinski definition) is 6. The molecule has 0 radical (unpaired) electrons. The number of ether oxygens (including phenoxy) is 2. The van der Waals surface area contributed by atoms with Crippen molar-refractivity contribution >= 4 is 11.9 Å². The molecule has 1 aromatic carbocycles. The fourth-order valence-corrected chi connectivity index (χ4v) is 2.96. The fourth-order valence-electron chi connectivity index (χ4n) is 2.96. The maximum Gasteiger partial charge on any atom is 0.347 e. The number of carbonyl (C=O) groups excluding carboxylic acids is 2. The van der Waals surface area contributed by atoms with Gasteiger partial charge in [0.05, 0.1) is 0 Å². The summed E-state index contributed by atoms with van der Waals surface area (Å²) in [5.41, 5.74) is 1.02. The first-order chi connectivity index (χ1) is 13.0. The summed E-state index contributed by atoms with van der Waals surface area (Å²) < 4.78 is 10.7. The molecular formula is C21H28O6. The highest BCUT2D eigenvalue weighted by Gasteiger charge is 2.32. The molecule has 2 rings (SSSR count). The average molecular weight is 376 g/mol. The van der Waals surface area contributed by atoms with Crippen molar-refractivity contribution in [3.63, 3.8) is 0 Å². The van der Waals surface area contributed by atoms with E-state index < -0.39 is 36.4 Å². The Balaban J connectivity index is 1.98. The van der Waals surface area contributed by atoms with Crippen molar-refractivity contribution < 1.29 is 29.3 Å². The predicted molar refractivity (Wildman–Crippen MR) is 99.8 cm³/mol. The van der Waals surface area contributed by atoms with E-state index >= 15 is 0 Å². The highest BCUT2D eigenvalue weighted by molar-refractivity contribution is 5.79. The molecule has 6 heteroatoms. The smallest absolute Gasteiger partial charge is 0.347 e. The molecule has 0 aromatic heterocycles. The molecule has 1 aromatic rings. The highest BCUT2D eigenvalue weighted by Crippen LogP contribution is 2.18. The van der Waals surface area contributed by atoms with Gasteiger partial charge in [-0.15, -0.1) is 0 Å². The first-order valence-corrected chi connectivity index (χ1v) is 9.48. The number of esters is 2. The monoisotopic (exact) mass is 376 g/mol. The zero-order valence-electron chi connectivity index (χ0n) is 15.6. The molecule has 0 spiro atoms. The number of aliphatic hydroxyl groups is 2. The number of benzene rings is 1. The second-order valence-electron chi connectivity index (χ2n) is 6.71. The van der Waals surface area contributed by atoms with Gasteiger partial charge >= 0.3 is 11.9 Å². The fraction of sp³-hybridized carbons (Fsp3) is 0.524.